The summed E-state index contributed by atoms with van der Waals surface area (Å²) < 4.78 is 0. The van der Waals surface area contributed by atoms with E-state index in [0.717, 1.165) is 30.2 Å². The van der Waals surface area contributed by atoms with Crippen LogP contribution < -0.4 is 40.1 Å². The maximum absolute atomic E-state index is 11.8. The third-order valence-corrected chi connectivity index (χ3v) is 3.80. The summed E-state index contributed by atoms with van der Waals surface area (Å²) in [7, 11) is 0. The fraction of sp³-hybridized carbons (Fsp3) is 0.462. The standard InChI is InChI=1S/C13H14O2.Na/c14-12-4-2-1-3-11(13(12)15)10-6-8-5-9(8)7-10;/h1-4,8-10H,5-7H2,(H,14,15);/q;+1/p-1. The molecule has 2 aliphatic carbocycles. The van der Waals surface area contributed by atoms with E-state index in [1.54, 1.807) is 6.07 Å². The van der Waals surface area contributed by atoms with Gasteiger partial charge in [0.2, 0.25) is 0 Å². The summed E-state index contributed by atoms with van der Waals surface area (Å²) in [5, 5.41) is 11.8. The van der Waals surface area contributed by atoms with Gasteiger partial charge in [-0.1, -0.05) is 23.9 Å². The molecule has 0 spiro atoms. The van der Waals surface area contributed by atoms with Gasteiger partial charge in [0.1, 0.15) is 0 Å². The van der Waals surface area contributed by atoms with Gasteiger partial charge in [-0.3, -0.25) is 4.79 Å². The van der Waals surface area contributed by atoms with E-state index in [4.69, 9.17) is 0 Å². The molecule has 2 atom stereocenters. The Hall–Kier alpha value is -0.310. The van der Waals surface area contributed by atoms with Gasteiger partial charge in [0.15, 0.2) is 5.43 Å². The van der Waals surface area contributed by atoms with Crippen LogP contribution in [0, 0.1) is 11.8 Å². The van der Waals surface area contributed by atoms with E-state index >= 15 is 0 Å². The van der Waals surface area contributed by atoms with E-state index in [0.29, 0.717) is 5.92 Å². The normalized spacial score (nSPS) is 30.4. The van der Waals surface area contributed by atoms with Gasteiger partial charge in [-0.15, -0.1) is 0 Å². The van der Waals surface area contributed by atoms with Gasteiger partial charge in [0, 0.05) is 0 Å². The van der Waals surface area contributed by atoms with Crippen LogP contribution in [0.3, 0.4) is 0 Å². The van der Waals surface area contributed by atoms with Crippen LogP contribution in [0.25, 0.3) is 0 Å². The van der Waals surface area contributed by atoms with Crippen molar-refractivity contribution in [3.05, 3.63) is 40.1 Å². The molecule has 3 heteroatoms. The van der Waals surface area contributed by atoms with Crippen LogP contribution in [0.15, 0.2) is 29.1 Å². The van der Waals surface area contributed by atoms with Crippen molar-refractivity contribution in [2.24, 2.45) is 11.8 Å². The maximum Gasteiger partial charge on any atom is 1.00 e. The number of hydrogen-bond donors (Lipinski definition) is 0. The number of rotatable bonds is 1. The van der Waals surface area contributed by atoms with Gasteiger partial charge in [0.25, 0.3) is 0 Å². The molecule has 16 heavy (non-hydrogen) atoms. The third kappa shape index (κ3) is 2.06. The first-order valence-electron chi connectivity index (χ1n) is 5.56. The second-order valence-electron chi connectivity index (χ2n) is 4.79. The molecule has 2 saturated carbocycles. The Kier molecular flexibility index (Phi) is 3.43. The molecule has 3 rings (SSSR count). The minimum Gasteiger partial charge on any atom is -0.870 e. The Morgan fingerprint density at radius 1 is 1.06 bits per heavy atom. The van der Waals surface area contributed by atoms with Crippen LogP contribution in [0.5, 0.6) is 5.75 Å². The van der Waals surface area contributed by atoms with Crippen molar-refractivity contribution in [2.75, 3.05) is 0 Å². The van der Waals surface area contributed by atoms with Crippen molar-refractivity contribution in [1.29, 1.82) is 0 Å². The zero-order chi connectivity index (χ0) is 10.4. The van der Waals surface area contributed by atoms with Crippen molar-refractivity contribution in [1.82, 2.24) is 0 Å². The molecule has 2 aliphatic rings. The quantitative estimate of drug-likeness (QED) is 0.553. The van der Waals surface area contributed by atoms with E-state index in [1.165, 1.54) is 12.5 Å². The Morgan fingerprint density at radius 2 is 1.69 bits per heavy atom. The van der Waals surface area contributed by atoms with Gasteiger partial charge in [-0.2, -0.15) is 0 Å². The van der Waals surface area contributed by atoms with Crippen LogP contribution in [0.1, 0.15) is 30.7 Å². The molecule has 2 unspecified atom stereocenters. The summed E-state index contributed by atoms with van der Waals surface area (Å²) in [6.45, 7) is 0. The summed E-state index contributed by atoms with van der Waals surface area (Å²) in [5.41, 5.74) is 0.382. The molecule has 0 radical (unpaired) electrons. The SMILES string of the molecule is O=c1ccccc(C2CC3CC3C2)c1[O-].[Na+]. The van der Waals surface area contributed by atoms with Crippen molar-refractivity contribution >= 4 is 0 Å². The van der Waals surface area contributed by atoms with Gasteiger partial charge >= 0.3 is 29.6 Å². The predicted molar refractivity (Wildman–Crippen MR) is 55.7 cm³/mol. The van der Waals surface area contributed by atoms with Crippen molar-refractivity contribution in [3.63, 3.8) is 0 Å². The molecule has 1 aromatic carbocycles. The molecule has 2 fully saturated rings. The average molecular weight is 224 g/mol. The van der Waals surface area contributed by atoms with E-state index in [2.05, 4.69) is 0 Å². The Labute approximate surface area is 117 Å². The average Bonchev–Trinajstić information content (AvgIpc) is 2.88. The first kappa shape index (κ1) is 12.2. The molecule has 2 nitrogen and oxygen atoms in total. The van der Waals surface area contributed by atoms with E-state index in [-0.39, 0.29) is 40.7 Å². The van der Waals surface area contributed by atoms with Crippen LogP contribution in [-0.2, 0) is 0 Å². The van der Waals surface area contributed by atoms with Gasteiger partial charge in [-0.25, -0.2) is 0 Å². The Balaban J connectivity index is 0.000000963. The van der Waals surface area contributed by atoms with Gasteiger partial charge in [-0.05, 0) is 48.6 Å². The zero-order valence-corrected chi connectivity index (χ0v) is 11.5. The first-order valence-corrected chi connectivity index (χ1v) is 5.56. The van der Waals surface area contributed by atoms with E-state index in [9.17, 15) is 9.90 Å². The van der Waals surface area contributed by atoms with Crippen LogP contribution >= 0.6 is 0 Å². The number of fused-ring (bicyclic) bond motifs is 1. The number of hydrogen-bond acceptors (Lipinski definition) is 2. The molecule has 0 saturated heterocycles. The fourth-order valence-electron chi connectivity index (χ4n) is 2.89. The molecule has 0 heterocycles. The van der Waals surface area contributed by atoms with Crippen molar-refractivity contribution < 1.29 is 34.7 Å². The van der Waals surface area contributed by atoms with Gasteiger partial charge in [0.05, 0.1) is 0 Å². The van der Waals surface area contributed by atoms with Crippen LogP contribution in [0.2, 0.25) is 0 Å². The summed E-state index contributed by atoms with van der Waals surface area (Å²) in [5.74, 6) is 1.75. The fourth-order valence-corrected chi connectivity index (χ4v) is 2.89. The zero-order valence-electron chi connectivity index (χ0n) is 9.48. The summed E-state index contributed by atoms with van der Waals surface area (Å²) in [6.07, 6.45) is 3.57. The minimum atomic E-state index is -0.365. The molecule has 0 N–H and O–H groups in total. The Bertz CT molecular complexity index is 448. The van der Waals surface area contributed by atoms with Crippen molar-refractivity contribution in [3.8, 4) is 5.75 Å². The monoisotopic (exact) mass is 224 g/mol. The Morgan fingerprint density at radius 3 is 2.38 bits per heavy atom. The smallest absolute Gasteiger partial charge is 0.870 e. The molecule has 1 aromatic rings. The molecule has 0 amide bonds. The molecule has 0 aliphatic heterocycles. The van der Waals surface area contributed by atoms with Crippen LogP contribution in [0.4, 0.5) is 0 Å². The molecule has 78 valence electrons. The molecular formula is C13H13NaO2. The summed E-state index contributed by atoms with van der Waals surface area (Å²) >= 11 is 0. The second-order valence-corrected chi connectivity index (χ2v) is 4.79. The minimum absolute atomic E-state index is 0. The van der Waals surface area contributed by atoms with Crippen LogP contribution in [-0.4, -0.2) is 0 Å². The van der Waals surface area contributed by atoms with Gasteiger partial charge < -0.3 is 5.11 Å². The third-order valence-electron chi connectivity index (χ3n) is 3.80. The maximum atomic E-state index is 11.8. The van der Waals surface area contributed by atoms with Crippen molar-refractivity contribution in [2.45, 2.75) is 25.2 Å². The topological polar surface area (TPSA) is 40.1 Å². The molecule has 0 bridgehead atoms. The second kappa shape index (κ2) is 4.52. The van der Waals surface area contributed by atoms with E-state index in [1.807, 2.05) is 12.1 Å². The first-order chi connectivity index (χ1) is 7.25. The molecular weight excluding hydrogens is 211 g/mol. The van der Waals surface area contributed by atoms with E-state index < -0.39 is 0 Å². The summed E-state index contributed by atoms with van der Waals surface area (Å²) in [6, 6.07) is 6.66. The molecule has 0 aromatic heterocycles. The predicted octanol–water partition coefficient (Wildman–Crippen LogP) is -1.36. The summed E-state index contributed by atoms with van der Waals surface area (Å²) in [4.78, 5) is 11.4. The largest absolute Gasteiger partial charge is 1.00 e.